The van der Waals surface area contributed by atoms with Crippen LogP contribution >= 0.6 is 11.3 Å². The molecule has 108 valence electrons. The molecule has 0 saturated heterocycles. The van der Waals surface area contributed by atoms with Crippen LogP contribution in [0.3, 0.4) is 0 Å². The number of imidazole rings is 1. The molecular weight excluding hydrogens is 284 g/mol. The molecule has 0 spiro atoms. The number of fused-ring (bicyclic) bond motifs is 1. The van der Waals surface area contributed by atoms with E-state index in [1.54, 1.807) is 23.5 Å². The summed E-state index contributed by atoms with van der Waals surface area (Å²) in [6.07, 6.45) is 0.776. The quantitative estimate of drug-likeness (QED) is 0.799. The van der Waals surface area contributed by atoms with E-state index < -0.39 is 5.97 Å². The zero-order chi connectivity index (χ0) is 15.0. The Bertz CT molecular complexity index is 817. The van der Waals surface area contributed by atoms with Crippen molar-refractivity contribution in [3.8, 4) is 0 Å². The van der Waals surface area contributed by atoms with Gasteiger partial charge in [-0.3, -0.25) is 0 Å². The fourth-order valence-corrected chi connectivity index (χ4v) is 3.45. The van der Waals surface area contributed by atoms with Gasteiger partial charge in [-0.15, -0.1) is 11.3 Å². The molecule has 2 aromatic heterocycles. The first-order chi connectivity index (χ1) is 10.1. The normalized spacial score (nSPS) is 11.1. The van der Waals surface area contributed by atoms with Gasteiger partial charge in [0.2, 0.25) is 0 Å². The van der Waals surface area contributed by atoms with E-state index in [2.05, 4.69) is 23.4 Å². The van der Waals surface area contributed by atoms with Gasteiger partial charge >= 0.3 is 5.97 Å². The molecule has 0 unspecified atom stereocenters. The minimum Gasteiger partial charge on any atom is -0.478 e. The summed E-state index contributed by atoms with van der Waals surface area (Å²) in [5.41, 5.74) is 3.02. The van der Waals surface area contributed by atoms with Crippen molar-refractivity contribution < 1.29 is 9.90 Å². The van der Waals surface area contributed by atoms with Gasteiger partial charge in [0.05, 0.1) is 23.1 Å². The van der Waals surface area contributed by atoms with Crippen molar-refractivity contribution in [1.29, 1.82) is 0 Å². The molecule has 1 N–H and O–H groups in total. The molecule has 21 heavy (non-hydrogen) atoms. The summed E-state index contributed by atoms with van der Waals surface area (Å²) in [6, 6.07) is 7.35. The van der Waals surface area contributed by atoms with E-state index in [0.717, 1.165) is 23.3 Å². The summed E-state index contributed by atoms with van der Waals surface area (Å²) in [7, 11) is 0. The molecule has 0 amide bonds. The molecule has 0 bridgehead atoms. The maximum absolute atomic E-state index is 11.5. The fourth-order valence-electron chi connectivity index (χ4n) is 2.56. The molecular formula is C16H16N2O2S. The van der Waals surface area contributed by atoms with E-state index in [9.17, 15) is 9.90 Å². The van der Waals surface area contributed by atoms with E-state index >= 15 is 0 Å². The lowest BCUT2D eigenvalue weighted by Crippen LogP contribution is -2.07. The van der Waals surface area contributed by atoms with E-state index in [0.29, 0.717) is 12.1 Å². The highest BCUT2D eigenvalue weighted by molar-refractivity contribution is 7.10. The molecule has 0 saturated carbocycles. The monoisotopic (exact) mass is 300 g/mol. The van der Waals surface area contributed by atoms with Crippen molar-refractivity contribution in [2.24, 2.45) is 0 Å². The maximum Gasteiger partial charge on any atom is 0.337 e. The average Bonchev–Trinajstić information content (AvgIpc) is 3.03. The lowest BCUT2D eigenvalue weighted by atomic mass is 10.2. The van der Waals surface area contributed by atoms with E-state index in [1.165, 1.54) is 10.4 Å². The third kappa shape index (κ3) is 2.34. The highest BCUT2D eigenvalue weighted by Gasteiger charge is 2.17. The number of aryl methyl sites for hydroxylation is 2. The Kier molecular flexibility index (Phi) is 3.51. The summed E-state index contributed by atoms with van der Waals surface area (Å²) >= 11 is 1.69. The predicted octanol–water partition coefficient (Wildman–Crippen LogP) is 3.72. The van der Waals surface area contributed by atoms with E-state index in [-0.39, 0.29) is 0 Å². The second-order valence-electron chi connectivity index (χ2n) is 4.97. The number of carboxylic acids is 1. The van der Waals surface area contributed by atoms with Crippen LogP contribution in [0.25, 0.3) is 11.0 Å². The topological polar surface area (TPSA) is 55.1 Å². The predicted molar refractivity (Wildman–Crippen MR) is 84.2 cm³/mol. The van der Waals surface area contributed by atoms with Gasteiger partial charge in [-0.1, -0.05) is 13.0 Å². The Morgan fingerprint density at radius 3 is 2.81 bits per heavy atom. The van der Waals surface area contributed by atoms with Crippen molar-refractivity contribution in [2.75, 3.05) is 0 Å². The maximum atomic E-state index is 11.5. The molecule has 0 aliphatic heterocycles. The number of carboxylic acid groups (broad SMARTS) is 1. The molecule has 0 atom stereocenters. The van der Waals surface area contributed by atoms with Crippen molar-refractivity contribution in [3.05, 3.63) is 51.5 Å². The first kappa shape index (κ1) is 13.8. The number of para-hydroxylation sites is 1. The lowest BCUT2D eigenvalue weighted by Gasteiger charge is -2.09. The number of thiophene rings is 1. The van der Waals surface area contributed by atoms with Crippen LogP contribution in [-0.4, -0.2) is 20.6 Å². The van der Waals surface area contributed by atoms with Gasteiger partial charge in [-0.25, -0.2) is 9.78 Å². The lowest BCUT2D eigenvalue weighted by molar-refractivity contribution is 0.0698. The van der Waals surface area contributed by atoms with Crippen LogP contribution in [0.15, 0.2) is 29.6 Å². The van der Waals surface area contributed by atoms with Crippen molar-refractivity contribution >= 4 is 28.3 Å². The molecule has 1 aromatic carbocycles. The molecule has 0 radical (unpaired) electrons. The highest BCUT2D eigenvalue weighted by atomic mass is 32.1. The molecule has 5 heteroatoms. The summed E-state index contributed by atoms with van der Waals surface area (Å²) in [5, 5.41) is 11.5. The standard InChI is InChI=1S/C16H16N2O2S/c1-3-14-17-12-6-4-5-11(16(19)20)15(12)18(14)9-13-10(2)7-8-21-13/h4-8H,3,9H2,1-2H3,(H,19,20). The Hall–Kier alpha value is -2.14. The first-order valence-electron chi connectivity index (χ1n) is 6.86. The number of carbonyl (C=O) groups is 1. The van der Waals surface area contributed by atoms with Crippen LogP contribution < -0.4 is 0 Å². The number of aromatic nitrogens is 2. The third-order valence-corrected chi connectivity index (χ3v) is 4.67. The number of benzene rings is 1. The molecule has 2 heterocycles. The number of hydrogen-bond donors (Lipinski definition) is 1. The van der Waals surface area contributed by atoms with Crippen molar-refractivity contribution in [3.63, 3.8) is 0 Å². The SMILES string of the molecule is CCc1nc2cccc(C(=O)O)c2n1Cc1sccc1C. The van der Waals surface area contributed by atoms with Crippen LogP contribution in [0, 0.1) is 6.92 Å². The second-order valence-corrected chi connectivity index (χ2v) is 5.97. The van der Waals surface area contributed by atoms with Crippen molar-refractivity contribution in [1.82, 2.24) is 9.55 Å². The highest BCUT2D eigenvalue weighted by Crippen LogP contribution is 2.25. The summed E-state index contributed by atoms with van der Waals surface area (Å²) in [4.78, 5) is 17.3. The van der Waals surface area contributed by atoms with Crippen LogP contribution in [0.1, 0.15) is 33.5 Å². The molecule has 3 rings (SSSR count). The minimum absolute atomic E-state index is 0.314. The Balaban J connectivity index is 2.24. The number of aromatic carboxylic acids is 1. The zero-order valence-electron chi connectivity index (χ0n) is 12.0. The summed E-state index contributed by atoms with van der Waals surface area (Å²) < 4.78 is 2.04. The van der Waals surface area contributed by atoms with Crippen LogP contribution in [0.2, 0.25) is 0 Å². The second kappa shape index (κ2) is 5.33. The molecule has 3 aromatic rings. The van der Waals surface area contributed by atoms with Gasteiger partial charge < -0.3 is 9.67 Å². The van der Waals surface area contributed by atoms with Crippen molar-refractivity contribution in [2.45, 2.75) is 26.8 Å². The Labute approximate surface area is 126 Å². The van der Waals surface area contributed by atoms with Gasteiger partial charge in [0, 0.05) is 11.3 Å². The van der Waals surface area contributed by atoms with Gasteiger partial charge in [-0.05, 0) is 36.1 Å². The molecule has 0 fully saturated rings. The Morgan fingerprint density at radius 1 is 1.38 bits per heavy atom. The average molecular weight is 300 g/mol. The van der Waals surface area contributed by atoms with Gasteiger partial charge in [-0.2, -0.15) is 0 Å². The molecule has 0 aliphatic rings. The number of nitrogens with zero attached hydrogens (tertiary/aromatic N) is 2. The zero-order valence-corrected chi connectivity index (χ0v) is 12.8. The Morgan fingerprint density at radius 2 is 2.19 bits per heavy atom. The fraction of sp³-hybridized carbons (Fsp3) is 0.250. The number of rotatable bonds is 4. The molecule has 4 nitrogen and oxygen atoms in total. The first-order valence-corrected chi connectivity index (χ1v) is 7.74. The van der Waals surface area contributed by atoms with E-state index in [4.69, 9.17) is 0 Å². The summed E-state index contributed by atoms with van der Waals surface area (Å²) in [5.74, 6) is 0.0128. The van der Waals surface area contributed by atoms with Gasteiger partial charge in [0.15, 0.2) is 0 Å². The summed E-state index contributed by atoms with van der Waals surface area (Å²) in [6.45, 7) is 4.79. The van der Waals surface area contributed by atoms with E-state index in [1.807, 2.05) is 17.6 Å². The van der Waals surface area contributed by atoms with Gasteiger partial charge in [0.25, 0.3) is 0 Å². The van der Waals surface area contributed by atoms with Gasteiger partial charge in [0.1, 0.15) is 5.82 Å². The van der Waals surface area contributed by atoms with Crippen LogP contribution in [-0.2, 0) is 13.0 Å². The van der Waals surface area contributed by atoms with Crippen LogP contribution in [0.4, 0.5) is 0 Å². The third-order valence-electron chi connectivity index (χ3n) is 3.66. The largest absolute Gasteiger partial charge is 0.478 e. The van der Waals surface area contributed by atoms with Crippen LogP contribution in [0.5, 0.6) is 0 Å². The molecule has 0 aliphatic carbocycles. The number of hydrogen-bond acceptors (Lipinski definition) is 3. The smallest absolute Gasteiger partial charge is 0.337 e. The minimum atomic E-state index is -0.910.